The number of anilines is 2. The fourth-order valence-electron chi connectivity index (χ4n) is 5.01. The summed E-state index contributed by atoms with van der Waals surface area (Å²) in [5.74, 6) is 0.360. The third-order valence-electron chi connectivity index (χ3n) is 6.44. The first kappa shape index (κ1) is 21.9. The van der Waals surface area contributed by atoms with Crippen molar-refractivity contribution in [2.45, 2.75) is 51.1 Å². The number of ether oxygens (including phenoxy) is 1. The van der Waals surface area contributed by atoms with Crippen molar-refractivity contribution < 1.29 is 19.1 Å². The van der Waals surface area contributed by atoms with Gasteiger partial charge in [-0.15, -0.1) is 0 Å². The van der Waals surface area contributed by atoms with E-state index in [1.807, 2.05) is 12.1 Å². The summed E-state index contributed by atoms with van der Waals surface area (Å²) in [6, 6.07) is 13.7. The molecular weight excluding hydrogens is 406 g/mol. The Bertz CT molecular complexity index is 1000. The lowest BCUT2D eigenvalue weighted by molar-refractivity contribution is -0.120. The van der Waals surface area contributed by atoms with Gasteiger partial charge in [0.15, 0.2) is 0 Å². The summed E-state index contributed by atoms with van der Waals surface area (Å²) in [5.41, 5.74) is 1.78. The van der Waals surface area contributed by atoms with Crippen LogP contribution < -0.4 is 15.4 Å². The zero-order valence-electron chi connectivity index (χ0n) is 18.5. The van der Waals surface area contributed by atoms with Crippen LogP contribution in [-0.4, -0.2) is 41.8 Å². The van der Waals surface area contributed by atoms with Crippen molar-refractivity contribution in [2.24, 2.45) is 5.92 Å². The van der Waals surface area contributed by atoms with Gasteiger partial charge >= 0.3 is 0 Å². The van der Waals surface area contributed by atoms with Crippen LogP contribution in [0.3, 0.4) is 0 Å². The number of carbonyl (C=O) groups is 3. The Labute approximate surface area is 188 Å². The molecule has 168 valence electrons. The van der Waals surface area contributed by atoms with E-state index in [1.54, 1.807) is 48.4 Å². The fourth-order valence-corrected chi connectivity index (χ4v) is 5.01. The Balaban J connectivity index is 1.57. The summed E-state index contributed by atoms with van der Waals surface area (Å²) in [6.07, 6.45) is 4.82. The van der Waals surface area contributed by atoms with Crippen LogP contribution in [0.25, 0.3) is 0 Å². The van der Waals surface area contributed by atoms with Crippen LogP contribution in [0.5, 0.6) is 5.75 Å². The van der Waals surface area contributed by atoms with E-state index in [9.17, 15) is 14.4 Å². The van der Waals surface area contributed by atoms with E-state index in [1.165, 1.54) is 6.92 Å². The molecule has 1 aliphatic carbocycles. The highest BCUT2D eigenvalue weighted by molar-refractivity contribution is 6.03. The maximum atomic E-state index is 13.6. The Kier molecular flexibility index (Phi) is 6.44. The standard InChI is InChI=1S/C25H29N3O4/c1-16(29)26-18-11-13-19(14-12-18)27-24(30)22-15-17-7-3-5-9-21(17)28(22)25(31)20-8-4-6-10-23(20)32-2/h4,6,8,10-14,17,21-22H,3,5,7,9,15H2,1-2H3,(H,26,29)(H,27,30)/t17-,21+,22+/m1/s1. The topological polar surface area (TPSA) is 87.7 Å². The van der Waals surface area contributed by atoms with Crippen LogP contribution in [0.1, 0.15) is 49.4 Å². The number of methoxy groups -OCH3 is 1. The van der Waals surface area contributed by atoms with E-state index in [4.69, 9.17) is 4.74 Å². The summed E-state index contributed by atoms with van der Waals surface area (Å²) in [5, 5.41) is 5.67. The lowest BCUT2D eigenvalue weighted by atomic mass is 9.84. The highest BCUT2D eigenvalue weighted by Crippen LogP contribution is 2.41. The van der Waals surface area contributed by atoms with Gasteiger partial charge in [0.25, 0.3) is 5.91 Å². The maximum absolute atomic E-state index is 13.6. The Hall–Kier alpha value is -3.35. The zero-order valence-corrected chi connectivity index (χ0v) is 18.5. The number of nitrogens with one attached hydrogen (secondary N) is 2. The Morgan fingerprint density at radius 3 is 2.28 bits per heavy atom. The van der Waals surface area contributed by atoms with Crippen molar-refractivity contribution >= 4 is 29.1 Å². The largest absolute Gasteiger partial charge is 0.496 e. The molecule has 0 bridgehead atoms. The predicted octanol–water partition coefficient (Wildman–Crippen LogP) is 4.07. The van der Waals surface area contributed by atoms with Gasteiger partial charge in [-0.3, -0.25) is 14.4 Å². The first-order chi connectivity index (χ1) is 15.5. The smallest absolute Gasteiger partial charge is 0.258 e. The quantitative estimate of drug-likeness (QED) is 0.741. The summed E-state index contributed by atoms with van der Waals surface area (Å²) in [6.45, 7) is 1.45. The zero-order chi connectivity index (χ0) is 22.7. The summed E-state index contributed by atoms with van der Waals surface area (Å²) in [4.78, 5) is 39.9. The van der Waals surface area contributed by atoms with E-state index >= 15 is 0 Å². The molecule has 2 aromatic carbocycles. The number of benzene rings is 2. The molecule has 7 nitrogen and oxygen atoms in total. The number of rotatable bonds is 5. The molecule has 3 amide bonds. The van der Waals surface area contributed by atoms with Gasteiger partial charge in [0.05, 0.1) is 12.7 Å². The third kappa shape index (κ3) is 4.47. The molecule has 0 aromatic heterocycles. The molecule has 2 aromatic rings. The molecule has 0 spiro atoms. The van der Waals surface area contributed by atoms with Gasteiger partial charge < -0.3 is 20.3 Å². The first-order valence-electron chi connectivity index (χ1n) is 11.1. The van der Waals surface area contributed by atoms with Crippen LogP contribution in [0.15, 0.2) is 48.5 Å². The number of likely N-dealkylation sites (tertiary alicyclic amines) is 1. The SMILES string of the molecule is COc1ccccc1C(=O)N1[C@H](C(=O)Nc2ccc(NC(C)=O)cc2)C[C@H]2CCCC[C@@H]21. The third-order valence-corrected chi connectivity index (χ3v) is 6.44. The molecule has 1 saturated heterocycles. The van der Waals surface area contributed by atoms with Gasteiger partial charge in [0, 0.05) is 24.3 Å². The van der Waals surface area contributed by atoms with Gasteiger partial charge in [-0.05, 0) is 61.6 Å². The summed E-state index contributed by atoms with van der Waals surface area (Å²) in [7, 11) is 1.55. The molecular formula is C25H29N3O4. The second kappa shape index (κ2) is 9.42. The molecule has 2 N–H and O–H groups in total. The second-order valence-electron chi connectivity index (χ2n) is 8.52. The lowest BCUT2D eigenvalue weighted by Gasteiger charge is -2.34. The van der Waals surface area contributed by atoms with Gasteiger partial charge in [-0.25, -0.2) is 0 Å². The van der Waals surface area contributed by atoms with E-state index in [2.05, 4.69) is 10.6 Å². The van der Waals surface area contributed by atoms with Gasteiger partial charge in [-0.1, -0.05) is 25.0 Å². The minimum atomic E-state index is -0.532. The molecule has 0 radical (unpaired) electrons. The molecule has 4 rings (SSSR count). The highest BCUT2D eigenvalue weighted by Gasteiger charge is 2.47. The van der Waals surface area contributed by atoms with E-state index in [0.29, 0.717) is 35.0 Å². The van der Waals surface area contributed by atoms with Crippen molar-refractivity contribution in [3.8, 4) is 5.75 Å². The van der Waals surface area contributed by atoms with Crippen LogP contribution in [0.2, 0.25) is 0 Å². The predicted molar refractivity (Wildman–Crippen MR) is 123 cm³/mol. The number of fused-ring (bicyclic) bond motifs is 1. The maximum Gasteiger partial charge on any atom is 0.258 e. The number of carbonyl (C=O) groups excluding carboxylic acids is 3. The van der Waals surface area contributed by atoms with Crippen molar-refractivity contribution in [3.63, 3.8) is 0 Å². The number of hydrogen-bond acceptors (Lipinski definition) is 4. The Morgan fingerprint density at radius 1 is 0.938 bits per heavy atom. The van der Waals surface area contributed by atoms with E-state index in [-0.39, 0.29) is 23.8 Å². The molecule has 1 saturated carbocycles. The molecule has 2 fully saturated rings. The molecule has 7 heteroatoms. The van der Waals surface area contributed by atoms with Gasteiger partial charge in [0.2, 0.25) is 11.8 Å². The Morgan fingerprint density at radius 2 is 1.59 bits per heavy atom. The van der Waals surface area contributed by atoms with E-state index in [0.717, 1.165) is 25.7 Å². The number of nitrogens with zero attached hydrogens (tertiary/aromatic N) is 1. The van der Waals surface area contributed by atoms with Crippen LogP contribution in [-0.2, 0) is 9.59 Å². The van der Waals surface area contributed by atoms with Crippen molar-refractivity contribution in [3.05, 3.63) is 54.1 Å². The fraction of sp³-hybridized carbons (Fsp3) is 0.400. The first-order valence-corrected chi connectivity index (χ1v) is 11.1. The molecule has 1 aliphatic heterocycles. The molecule has 2 aliphatic rings. The highest BCUT2D eigenvalue weighted by atomic mass is 16.5. The second-order valence-corrected chi connectivity index (χ2v) is 8.52. The average Bonchev–Trinajstić information content (AvgIpc) is 3.19. The van der Waals surface area contributed by atoms with E-state index < -0.39 is 6.04 Å². The van der Waals surface area contributed by atoms with Crippen molar-refractivity contribution in [1.82, 2.24) is 4.90 Å². The number of para-hydroxylation sites is 1. The average molecular weight is 436 g/mol. The summed E-state index contributed by atoms with van der Waals surface area (Å²) < 4.78 is 5.41. The van der Waals surface area contributed by atoms with Crippen molar-refractivity contribution in [2.75, 3.05) is 17.7 Å². The molecule has 3 atom stereocenters. The molecule has 1 heterocycles. The van der Waals surface area contributed by atoms with Gasteiger partial charge in [-0.2, -0.15) is 0 Å². The lowest BCUT2D eigenvalue weighted by Crippen LogP contribution is -2.47. The minimum Gasteiger partial charge on any atom is -0.496 e. The minimum absolute atomic E-state index is 0.0686. The van der Waals surface area contributed by atoms with Crippen molar-refractivity contribution in [1.29, 1.82) is 0 Å². The summed E-state index contributed by atoms with van der Waals surface area (Å²) >= 11 is 0. The normalized spacial score (nSPS) is 22.1. The monoisotopic (exact) mass is 435 g/mol. The number of hydrogen-bond donors (Lipinski definition) is 2. The van der Waals surface area contributed by atoms with Crippen LogP contribution in [0.4, 0.5) is 11.4 Å². The molecule has 0 unspecified atom stereocenters. The molecule has 32 heavy (non-hydrogen) atoms. The van der Waals surface area contributed by atoms with Crippen LogP contribution in [0, 0.1) is 5.92 Å². The number of amides is 3. The van der Waals surface area contributed by atoms with Gasteiger partial charge in [0.1, 0.15) is 11.8 Å². The van der Waals surface area contributed by atoms with Crippen LogP contribution >= 0.6 is 0 Å².